The first-order valence-electron chi connectivity index (χ1n) is 17.1. The molecule has 8 aromatic carbocycles. The summed E-state index contributed by atoms with van der Waals surface area (Å²) in [4.78, 5) is 15.4. The van der Waals surface area contributed by atoms with Gasteiger partial charge in [-0.25, -0.2) is 15.0 Å². The molecule has 0 saturated carbocycles. The zero-order chi connectivity index (χ0) is 33.7. The third-order valence-electron chi connectivity index (χ3n) is 9.73. The number of fused-ring (bicyclic) bond motifs is 5. The lowest BCUT2D eigenvalue weighted by Crippen LogP contribution is -2.01. The number of benzene rings is 8. The van der Waals surface area contributed by atoms with Gasteiger partial charge in [-0.15, -0.1) is 0 Å². The quantitative estimate of drug-likeness (QED) is 0.186. The molecule has 0 aliphatic heterocycles. The van der Waals surface area contributed by atoms with E-state index in [1.165, 1.54) is 0 Å². The van der Waals surface area contributed by atoms with Crippen LogP contribution in [0.2, 0.25) is 0 Å². The lowest BCUT2D eigenvalue weighted by molar-refractivity contribution is 0.669. The highest BCUT2D eigenvalue weighted by molar-refractivity contribution is 6.12. The maximum Gasteiger partial charge on any atom is 0.164 e. The van der Waals surface area contributed by atoms with Crippen LogP contribution >= 0.6 is 0 Å². The fourth-order valence-corrected chi connectivity index (χ4v) is 7.31. The van der Waals surface area contributed by atoms with E-state index in [0.29, 0.717) is 17.5 Å². The molecule has 4 heteroatoms. The van der Waals surface area contributed by atoms with Crippen molar-refractivity contribution < 1.29 is 4.42 Å². The first-order valence-corrected chi connectivity index (χ1v) is 17.1. The monoisotopic (exact) mass is 651 g/mol. The second-order valence-corrected chi connectivity index (χ2v) is 12.8. The maximum atomic E-state index is 6.21. The van der Waals surface area contributed by atoms with E-state index in [-0.39, 0.29) is 0 Å². The Hall–Kier alpha value is -6.91. The molecular weight excluding hydrogens is 623 g/mol. The molecule has 4 nitrogen and oxygen atoms in total. The Morgan fingerprint density at radius 2 is 0.765 bits per heavy atom. The van der Waals surface area contributed by atoms with E-state index in [1.807, 2.05) is 18.2 Å². The third kappa shape index (κ3) is 5.04. The maximum absolute atomic E-state index is 6.21. The van der Waals surface area contributed by atoms with Crippen LogP contribution in [0.25, 0.3) is 99.9 Å². The van der Waals surface area contributed by atoms with Crippen LogP contribution in [0.15, 0.2) is 180 Å². The minimum atomic E-state index is 0.628. The lowest BCUT2D eigenvalue weighted by atomic mass is 9.95. The van der Waals surface area contributed by atoms with Crippen molar-refractivity contribution in [3.8, 4) is 56.4 Å². The number of hydrogen-bond acceptors (Lipinski definition) is 4. The van der Waals surface area contributed by atoms with E-state index in [2.05, 4.69) is 158 Å². The number of hydrogen-bond donors (Lipinski definition) is 0. The standard InChI is InChI=1S/C47H29N3O/c1-3-20-36-30(12-1)14-9-24-39(36)46-48-45(49-47(50-46)40-25-10-15-31-13-2-4-21-37(31)40)35-19-8-17-33(29-35)32-16-7-18-34(28-32)38-23-11-27-43-44(38)41-22-5-6-26-42(41)51-43/h1-29H. The van der Waals surface area contributed by atoms with Crippen LogP contribution in [0.4, 0.5) is 0 Å². The van der Waals surface area contributed by atoms with Crippen LogP contribution in [0.1, 0.15) is 0 Å². The largest absolute Gasteiger partial charge is 0.456 e. The van der Waals surface area contributed by atoms with Gasteiger partial charge in [-0.1, -0.05) is 152 Å². The molecule has 10 rings (SSSR count). The highest BCUT2D eigenvalue weighted by Gasteiger charge is 2.17. The van der Waals surface area contributed by atoms with Crippen LogP contribution in [0.3, 0.4) is 0 Å². The zero-order valence-electron chi connectivity index (χ0n) is 27.5. The van der Waals surface area contributed by atoms with Crippen molar-refractivity contribution in [2.24, 2.45) is 0 Å². The van der Waals surface area contributed by atoms with E-state index in [9.17, 15) is 0 Å². The molecule has 0 fully saturated rings. The summed E-state index contributed by atoms with van der Waals surface area (Å²) in [6.45, 7) is 0. The molecule has 0 N–H and O–H groups in total. The molecule has 0 spiro atoms. The molecule has 0 saturated heterocycles. The molecule has 0 bridgehead atoms. The Balaban J connectivity index is 1.13. The Bertz CT molecular complexity index is 2830. The minimum absolute atomic E-state index is 0.628. The second-order valence-electron chi connectivity index (χ2n) is 12.8. The summed E-state index contributed by atoms with van der Waals surface area (Å²) in [7, 11) is 0. The van der Waals surface area contributed by atoms with Crippen LogP contribution in [0.5, 0.6) is 0 Å². The summed E-state index contributed by atoms with van der Waals surface area (Å²) in [6.07, 6.45) is 0. The molecule has 2 aromatic heterocycles. The average Bonchev–Trinajstić information content (AvgIpc) is 3.59. The molecular formula is C47H29N3O. The molecule has 0 amide bonds. The van der Waals surface area contributed by atoms with Crippen LogP contribution in [-0.4, -0.2) is 15.0 Å². The predicted molar refractivity (Wildman–Crippen MR) is 209 cm³/mol. The SMILES string of the molecule is c1cc(-c2cccc(-c3cccc4oc5ccccc5c34)c2)cc(-c2nc(-c3cccc4ccccc34)nc(-c3cccc4ccccc34)n2)c1. The molecule has 10 aromatic rings. The van der Waals surface area contributed by atoms with E-state index in [0.717, 1.165) is 82.4 Å². The zero-order valence-corrected chi connectivity index (χ0v) is 27.5. The predicted octanol–water partition coefficient (Wildman–Crippen LogP) is 12.4. The number of nitrogens with zero attached hydrogens (tertiary/aromatic N) is 3. The molecule has 0 aliphatic carbocycles. The van der Waals surface area contributed by atoms with E-state index in [1.54, 1.807) is 0 Å². The topological polar surface area (TPSA) is 51.8 Å². The Morgan fingerprint density at radius 1 is 0.314 bits per heavy atom. The molecule has 0 radical (unpaired) electrons. The molecule has 2 heterocycles. The average molecular weight is 652 g/mol. The highest BCUT2D eigenvalue weighted by atomic mass is 16.3. The van der Waals surface area contributed by atoms with Crippen molar-refractivity contribution in [3.63, 3.8) is 0 Å². The van der Waals surface area contributed by atoms with Crippen molar-refractivity contribution >= 4 is 43.5 Å². The lowest BCUT2D eigenvalue weighted by Gasteiger charge is -2.12. The van der Waals surface area contributed by atoms with Crippen molar-refractivity contribution in [1.82, 2.24) is 15.0 Å². The van der Waals surface area contributed by atoms with Crippen molar-refractivity contribution in [2.75, 3.05) is 0 Å². The molecule has 0 unspecified atom stereocenters. The third-order valence-corrected chi connectivity index (χ3v) is 9.73. The number of aromatic nitrogens is 3. The first-order chi connectivity index (χ1) is 25.3. The van der Waals surface area contributed by atoms with Crippen molar-refractivity contribution in [3.05, 3.63) is 176 Å². The fourth-order valence-electron chi connectivity index (χ4n) is 7.31. The smallest absolute Gasteiger partial charge is 0.164 e. The van der Waals surface area contributed by atoms with Gasteiger partial charge in [0.1, 0.15) is 11.2 Å². The Morgan fingerprint density at radius 3 is 1.45 bits per heavy atom. The fraction of sp³-hybridized carbons (Fsp3) is 0. The summed E-state index contributed by atoms with van der Waals surface area (Å²) < 4.78 is 6.21. The first kappa shape index (κ1) is 29.0. The van der Waals surface area contributed by atoms with Crippen LogP contribution in [-0.2, 0) is 0 Å². The van der Waals surface area contributed by atoms with Gasteiger partial charge in [0.25, 0.3) is 0 Å². The summed E-state index contributed by atoms with van der Waals surface area (Å²) in [5, 5.41) is 6.74. The molecule has 0 atom stereocenters. The summed E-state index contributed by atoms with van der Waals surface area (Å²) in [5.41, 5.74) is 9.12. The van der Waals surface area contributed by atoms with Gasteiger partial charge in [0, 0.05) is 27.5 Å². The van der Waals surface area contributed by atoms with Gasteiger partial charge in [0.15, 0.2) is 17.5 Å². The van der Waals surface area contributed by atoms with Gasteiger partial charge in [0.05, 0.1) is 0 Å². The van der Waals surface area contributed by atoms with Crippen LogP contribution < -0.4 is 0 Å². The number of para-hydroxylation sites is 1. The van der Waals surface area contributed by atoms with Crippen LogP contribution in [0, 0.1) is 0 Å². The normalized spacial score (nSPS) is 11.5. The van der Waals surface area contributed by atoms with Crippen molar-refractivity contribution in [2.45, 2.75) is 0 Å². The van der Waals surface area contributed by atoms with Gasteiger partial charge >= 0.3 is 0 Å². The number of furan rings is 1. The van der Waals surface area contributed by atoms with Gasteiger partial charge in [0.2, 0.25) is 0 Å². The second kappa shape index (κ2) is 11.9. The van der Waals surface area contributed by atoms with Gasteiger partial charge in [-0.3, -0.25) is 0 Å². The van der Waals surface area contributed by atoms with Gasteiger partial charge in [-0.2, -0.15) is 0 Å². The summed E-state index contributed by atoms with van der Waals surface area (Å²) >= 11 is 0. The van der Waals surface area contributed by atoms with E-state index in [4.69, 9.17) is 19.4 Å². The molecule has 0 aliphatic rings. The minimum Gasteiger partial charge on any atom is -0.456 e. The van der Waals surface area contributed by atoms with Crippen molar-refractivity contribution in [1.29, 1.82) is 0 Å². The van der Waals surface area contributed by atoms with Gasteiger partial charge in [-0.05, 0) is 68.1 Å². The summed E-state index contributed by atoms with van der Waals surface area (Å²) in [6, 6.07) is 61.1. The van der Waals surface area contributed by atoms with E-state index < -0.39 is 0 Å². The Kier molecular flexibility index (Phi) is 6.78. The number of rotatable bonds is 5. The Labute approximate surface area is 294 Å². The van der Waals surface area contributed by atoms with E-state index >= 15 is 0 Å². The molecule has 238 valence electrons. The highest BCUT2D eigenvalue weighted by Crippen LogP contribution is 2.38. The molecule has 51 heavy (non-hydrogen) atoms. The summed E-state index contributed by atoms with van der Waals surface area (Å²) in [5.74, 6) is 1.92. The van der Waals surface area contributed by atoms with Gasteiger partial charge < -0.3 is 4.42 Å².